The summed E-state index contributed by atoms with van der Waals surface area (Å²) in [5.41, 5.74) is 35.8. The first-order valence-electron chi connectivity index (χ1n) is 25.5. The molecule has 8 unspecified atom stereocenters. The molecule has 2 aromatic carbocycles. The molecule has 0 bridgehead atoms. The molecule has 0 aliphatic carbocycles. The van der Waals surface area contributed by atoms with Gasteiger partial charge in [-0.2, -0.15) is 0 Å². The topological polar surface area (TPSA) is 450 Å². The molecule has 4 rings (SSSR count). The zero-order valence-electron chi connectivity index (χ0n) is 43.0. The molecule has 22 N–H and O–H groups in total. The van der Waals surface area contributed by atoms with Crippen LogP contribution in [0.1, 0.15) is 88.7 Å². The van der Waals surface area contributed by atoms with Crippen molar-refractivity contribution in [3.05, 3.63) is 71.9 Å². The summed E-state index contributed by atoms with van der Waals surface area (Å²) in [5.74, 6) is -6.16. The Labute approximate surface area is 441 Å². The molecule has 8 atom stereocenters. The Kier molecular flexibility index (Phi) is 25.4. The van der Waals surface area contributed by atoms with Gasteiger partial charge in [-0.1, -0.05) is 48.5 Å². The van der Waals surface area contributed by atoms with Crippen LogP contribution < -0.4 is 76.9 Å². The Hall–Kier alpha value is -7.84. The van der Waals surface area contributed by atoms with Crippen LogP contribution in [0.25, 0.3) is 10.9 Å². The standard InChI is InChI=1S/C50H77N17O9/c1-29(68)61-35(18-10-24-58-49(53)54)43(71)65-38-20-21-41(69)57-23-9-17-34(42(52)70)62-48(76)40(27-31-28-60-33-15-6-5-14-32(31)33)67-45(73)37(19-11-25-59-50(55)56)64-47(75)39(26-30-12-3-2-4-13-30)66-44(72)36(63-46(38)74)16-7-8-22-51/h2-6,12-15,28,34-40,45,60,67,73H,7-11,16-27,51H2,1H3,(H2,52,70)(H,57,69)(H,61,68)(H,62,76)(H,63,74)(H,64,75)(H,65,71)(H,66,72)(H4,53,54,58)(H4,55,56,59). The van der Waals surface area contributed by atoms with Crippen molar-refractivity contribution in [1.82, 2.24) is 47.5 Å². The number of rotatable bonds is 20. The molecular weight excluding hydrogens is 983 g/mol. The third-order valence-electron chi connectivity index (χ3n) is 12.5. The molecule has 1 aromatic heterocycles. The molecule has 1 fully saturated rings. The number of hydrogen-bond acceptors (Lipinski definition) is 13. The molecule has 0 spiro atoms. The van der Waals surface area contributed by atoms with Crippen molar-refractivity contribution in [3.63, 3.8) is 0 Å². The van der Waals surface area contributed by atoms with Gasteiger partial charge in [0.1, 0.15) is 36.4 Å². The molecule has 1 saturated heterocycles. The SMILES string of the molecule is CC(=O)NC(CCCN=C(N)N)C(=O)NC1CCC(=O)NCCCC(C(N)=O)NC(=O)C(Cc2c[nH]c3ccccc23)NC(O)C(CCCN=C(N)N)NC(=O)C(Cc2ccccc2)NC(=O)C(CCCCN)NC1=O. The van der Waals surface area contributed by atoms with Crippen molar-refractivity contribution in [1.29, 1.82) is 0 Å². The van der Waals surface area contributed by atoms with E-state index < -0.39 is 95.8 Å². The fourth-order valence-electron chi connectivity index (χ4n) is 8.56. The number of aliphatic hydroxyl groups excluding tert-OH is 1. The van der Waals surface area contributed by atoms with Crippen LogP contribution in [0, 0.1) is 0 Å². The normalized spacial score (nSPS) is 22.0. The van der Waals surface area contributed by atoms with Gasteiger partial charge in [0.25, 0.3) is 0 Å². The number of hydrogen-bond donors (Lipinski definition) is 16. The zero-order chi connectivity index (χ0) is 55.6. The van der Waals surface area contributed by atoms with Gasteiger partial charge in [-0.05, 0) is 94.4 Å². The highest BCUT2D eigenvalue weighted by Crippen LogP contribution is 2.20. The van der Waals surface area contributed by atoms with Crippen molar-refractivity contribution in [2.45, 2.75) is 139 Å². The predicted octanol–water partition coefficient (Wildman–Crippen LogP) is -3.43. The van der Waals surface area contributed by atoms with E-state index in [4.69, 9.17) is 34.4 Å². The number of aliphatic imine (C=N–C) groups is 2. The monoisotopic (exact) mass is 1060 g/mol. The van der Waals surface area contributed by atoms with Gasteiger partial charge in [0.2, 0.25) is 47.3 Å². The summed E-state index contributed by atoms with van der Waals surface area (Å²) >= 11 is 0. The van der Waals surface area contributed by atoms with Crippen LogP contribution >= 0.6 is 0 Å². The molecule has 416 valence electrons. The number of para-hydroxylation sites is 1. The lowest BCUT2D eigenvalue weighted by Gasteiger charge is -2.31. The number of guanidine groups is 2. The number of H-pyrrole nitrogens is 1. The maximum atomic E-state index is 14.7. The third-order valence-corrected chi connectivity index (χ3v) is 12.5. The van der Waals surface area contributed by atoms with Gasteiger partial charge in [0, 0.05) is 56.5 Å². The van der Waals surface area contributed by atoms with Gasteiger partial charge >= 0.3 is 0 Å². The van der Waals surface area contributed by atoms with Crippen LogP contribution in [0.4, 0.5) is 0 Å². The summed E-state index contributed by atoms with van der Waals surface area (Å²) in [6, 6.07) is 7.28. The predicted molar refractivity (Wildman–Crippen MR) is 286 cm³/mol. The first-order valence-corrected chi connectivity index (χ1v) is 25.5. The van der Waals surface area contributed by atoms with Crippen molar-refractivity contribution in [2.75, 3.05) is 26.2 Å². The largest absolute Gasteiger partial charge is 0.376 e. The lowest BCUT2D eigenvalue weighted by molar-refractivity contribution is -0.135. The van der Waals surface area contributed by atoms with Gasteiger partial charge in [-0.25, -0.2) is 0 Å². The van der Waals surface area contributed by atoms with E-state index in [1.54, 1.807) is 36.5 Å². The summed E-state index contributed by atoms with van der Waals surface area (Å²) in [4.78, 5) is 121. The minimum Gasteiger partial charge on any atom is -0.376 e. The Bertz CT molecular complexity index is 2460. The molecule has 8 amide bonds. The number of nitrogens with zero attached hydrogens (tertiary/aromatic N) is 2. The number of nitrogens with two attached hydrogens (primary N) is 6. The number of carbonyl (C=O) groups is 8. The molecule has 26 nitrogen and oxygen atoms in total. The van der Waals surface area contributed by atoms with E-state index >= 15 is 0 Å². The molecular formula is C50H77N17O9. The summed E-state index contributed by atoms with van der Waals surface area (Å²) in [7, 11) is 0. The van der Waals surface area contributed by atoms with Crippen molar-refractivity contribution in [3.8, 4) is 0 Å². The highest BCUT2D eigenvalue weighted by molar-refractivity contribution is 5.96. The summed E-state index contributed by atoms with van der Waals surface area (Å²) in [5, 5.41) is 34.9. The number of aromatic amines is 1. The van der Waals surface area contributed by atoms with Gasteiger partial charge in [-0.15, -0.1) is 0 Å². The van der Waals surface area contributed by atoms with E-state index in [0.717, 1.165) is 10.9 Å². The molecule has 3 aromatic rings. The van der Waals surface area contributed by atoms with E-state index in [1.807, 2.05) is 24.3 Å². The maximum Gasteiger partial charge on any atom is 0.243 e. The van der Waals surface area contributed by atoms with E-state index in [-0.39, 0.29) is 109 Å². The van der Waals surface area contributed by atoms with Crippen LogP contribution in [0.5, 0.6) is 0 Å². The lowest BCUT2D eigenvalue weighted by Crippen LogP contribution is -2.61. The van der Waals surface area contributed by atoms with Gasteiger partial charge in [0.05, 0.1) is 12.1 Å². The molecule has 1 aliphatic rings. The highest BCUT2D eigenvalue weighted by atomic mass is 16.3. The number of nitrogens with one attached hydrogen (secondary N) is 9. The van der Waals surface area contributed by atoms with Crippen LogP contribution in [0.15, 0.2) is 70.8 Å². The van der Waals surface area contributed by atoms with Gasteiger partial charge < -0.3 is 81.7 Å². The number of amides is 8. The third kappa shape index (κ3) is 21.2. The number of carbonyl (C=O) groups excluding carboxylic acids is 8. The Balaban J connectivity index is 1.78. The van der Waals surface area contributed by atoms with Crippen molar-refractivity contribution in [2.24, 2.45) is 44.4 Å². The van der Waals surface area contributed by atoms with Crippen molar-refractivity contribution < 1.29 is 43.5 Å². The average molecular weight is 1060 g/mol. The second-order valence-corrected chi connectivity index (χ2v) is 18.6. The lowest BCUT2D eigenvalue weighted by atomic mass is 10.0. The Morgan fingerprint density at radius 3 is 2.08 bits per heavy atom. The molecule has 1 aliphatic heterocycles. The second-order valence-electron chi connectivity index (χ2n) is 18.6. The molecule has 76 heavy (non-hydrogen) atoms. The van der Waals surface area contributed by atoms with Crippen LogP contribution in [0.3, 0.4) is 0 Å². The van der Waals surface area contributed by atoms with Gasteiger partial charge in [-0.3, -0.25) is 53.7 Å². The van der Waals surface area contributed by atoms with E-state index in [2.05, 4.69) is 57.5 Å². The Morgan fingerprint density at radius 1 is 0.737 bits per heavy atom. The van der Waals surface area contributed by atoms with Crippen LogP contribution in [0.2, 0.25) is 0 Å². The first kappa shape index (κ1) is 60.7. The van der Waals surface area contributed by atoms with E-state index in [9.17, 15) is 43.5 Å². The van der Waals surface area contributed by atoms with Crippen LogP contribution in [-0.4, -0.2) is 144 Å². The Morgan fingerprint density at radius 2 is 1.39 bits per heavy atom. The first-order chi connectivity index (χ1) is 36.3. The fraction of sp³-hybridized carbons (Fsp3) is 0.520. The number of aromatic nitrogens is 1. The minimum atomic E-state index is -1.65. The molecule has 2 heterocycles. The number of aliphatic hydroxyl groups is 1. The zero-order valence-corrected chi connectivity index (χ0v) is 43.0. The molecule has 26 heteroatoms. The smallest absolute Gasteiger partial charge is 0.243 e. The summed E-state index contributed by atoms with van der Waals surface area (Å²) in [6.07, 6.45) is 0.976. The van der Waals surface area contributed by atoms with Gasteiger partial charge in [0.15, 0.2) is 11.9 Å². The quantitative estimate of drug-likeness (QED) is 0.0298. The average Bonchev–Trinajstić information content (AvgIpc) is 3.78. The number of primary amides is 1. The summed E-state index contributed by atoms with van der Waals surface area (Å²) < 4.78 is 0. The minimum absolute atomic E-state index is 0.00655. The van der Waals surface area contributed by atoms with E-state index in [1.165, 1.54) is 6.92 Å². The highest BCUT2D eigenvalue weighted by Gasteiger charge is 2.35. The second kappa shape index (κ2) is 31.8. The number of unbranched alkanes of at least 4 members (excludes halogenated alkanes) is 1. The molecule has 0 radical (unpaired) electrons. The summed E-state index contributed by atoms with van der Waals surface area (Å²) in [6.45, 7) is 1.72. The van der Waals surface area contributed by atoms with E-state index in [0.29, 0.717) is 24.0 Å². The van der Waals surface area contributed by atoms with Crippen molar-refractivity contribution >= 4 is 70.1 Å². The number of fused-ring (bicyclic) bond motifs is 1. The molecule has 0 saturated carbocycles. The number of benzene rings is 2. The fourth-order valence-corrected chi connectivity index (χ4v) is 8.56. The van der Waals surface area contributed by atoms with Crippen LogP contribution in [-0.2, 0) is 51.2 Å². The maximum absolute atomic E-state index is 14.7.